The van der Waals surface area contributed by atoms with Gasteiger partial charge in [0.15, 0.2) is 6.04 Å². The van der Waals surface area contributed by atoms with Crippen LogP contribution in [0.15, 0.2) is 24.3 Å². The maximum Gasteiger partial charge on any atom is 0.416 e. The molecule has 5 rings (SSSR count). The van der Waals surface area contributed by atoms with E-state index in [9.17, 15) is 27.2 Å². The lowest BCUT2D eigenvalue weighted by Gasteiger charge is -2.36. The molecule has 1 amide bonds. The van der Waals surface area contributed by atoms with Crippen LogP contribution >= 0.6 is 11.6 Å². The summed E-state index contributed by atoms with van der Waals surface area (Å²) in [5.74, 6) is -3.17. The maximum absolute atomic E-state index is 15.7. The Bertz CT molecular complexity index is 1390. The molecule has 0 N–H and O–H groups in total. The molecule has 2 aromatic carbocycles. The minimum atomic E-state index is -4.70. The Morgan fingerprint density at radius 2 is 1.81 bits per heavy atom. The molecule has 3 fully saturated rings. The summed E-state index contributed by atoms with van der Waals surface area (Å²) in [5.41, 5.74) is -2.84. The summed E-state index contributed by atoms with van der Waals surface area (Å²) in [4.78, 5) is 27.9. The van der Waals surface area contributed by atoms with Gasteiger partial charge in [-0.1, -0.05) is 11.6 Å². The molecule has 1 atom stereocenters. The van der Waals surface area contributed by atoms with Gasteiger partial charge in [0.1, 0.15) is 36.4 Å². The van der Waals surface area contributed by atoms with Crippen LogP contribution in [0, 0.1) is 11.6 Å². The highest BCUT2D eigenvalue weighted by atomic mass is 35.5. The molecule has 2 saturated heterocycles. The van der Waals surface area contributed by atoms with Crippen LogP contribution in [0.25, 0.3) is 0 Å². The van der Waals surface area contributed by atoms with Crippen LogP contribution in [0.5, 0.6) is 5.75 Å². The summed E-state index contributed by atoms with van der Waals surface area (Å²) in [6.45, 7) is -0.647. The van der Waals surface area contributed by atoms with Gasteiger partial charge in [-0.2, -0.15) is 13.2 Å². The molecule has 43 heavy (non-hydrogen) atoms. The fourth-order valence-electron chi connectivity index (χ4n) is 5.33. The summed E-state index contributed by atoms with van der Waals surface area (Å²) in [7, 11) is 1.18. The molecule has 14 heteroatoms. The summed E-state index contributed by atoms with van der Waals surface area (Å²) in [6, 6.07) is 2.65. The third-order valence-corrected chi connectivity index (χ3v) is 8.30. The summed E-state index contributed by atoms with van der Waals surface area (Å²) >= 11 is 5.68. The van der Waals surface area contributed by atoms with Crippen molar-refractivity contribution in [2.45, 2.75) is 56.0 Å². The van der Waals surface area contributed by atoms with E-state index in [2.05, 4.69) is 0 Å². The number of ether oxygens (including phenoxy) is 3. The van der Waals surface area contributed by atoms with Gasteiger partial charge in [0.2, 0.25) is 0 Å². The van der Waals surface area contributed by atoms with Gasteiger partial charge in [0.05, 0.1) is 29.9 Å². The fourth-order valence-corrected chi connectivity index (χ4v) is 5.57. The molecule has 1 aliphatic carbocycles. The van der Waals surface area contributed by atoms with Gasteiger partial charge < -0.3 is 14.2 Å². The topological polar surface area (TPSA) is 68.3 Å². The molecule has 1 unspecified atom stereocenters. The molecule has 7 nitrogen and oxygen atoms in total. The van der Waals surface area contributed by atoms with E-state index in [1.165, 1.54) is 13.2 Å². The van der Waals surface area contributed by atoms with Crippen molar-refractivity contribution in [3.05, 3.63) is 63.2 Å². The lowest BCUT2D eigenvalue weighted by molar-refractivity contribution is -0.144. The first-order chi connectivity index (χ1) is 20.3. The number of amides is 1. The molecule has 234 valence electrons. The number of likely N-dealkylation sites (tertiary alicyclic amines) is 1. The van der Waals surface area contributed by atoms with Crippen molar-refractivity contribution in [3.8, 4) is 5.75 Å². The van der Waals surface area contributed by atoms with Crippen LogP contribution in [0.3, 0.4) is 0 Å². The number of benzene rings is 2. The quantitative estimate of drug-likeness (QED) is 0.267. The normalized spacial score (nSPS) is 20.7. The van der Waals surface area contributed by atoms with Gasteiger partial charge in [-0.3, -0.25) is 14.6 Å². The van der Waals surface area contributed by atoms with Gasteiger partial charge in [0, 0.05) is 31.3 Å². The number of esters is 1. The molecule has 1 saturated carbocycles. The number of methoxy groups -OCH3 is 1. The van der Waals surface area contributed by atoms with Gasteiger partial charge in [0.25, 0.3) is 5.91 Å². The Labute approximate surface area is 248 Å². The van der Waals surface area contributed by atoms with Crippen LogP contribution < -0.4 is 4.74 Å². The monoisotopic (exact) mass is 634 g/mol. The van der Waals surface area contributed by atoms with E-state index < -0.39 is 58.6 Å². The van der Waals surface area contributed by atoms with E-state index in [1.54, 1.807) is 4.90 Å². The van der Waals surface area contributed by atoms with Gasteiger partial charge in [-0.15, -0.1) is 0 Å². The summed E-state index contributed by atoms with van der Waals surface area (Å²) < 4.78 is 101. The number of nitrogens with zero attached hydrogens (tertiary/aromatic N) is 2. The lowest BCUT2D eigenvalue weighted by Crippen LogP contribution is -2.44. The van der Waals surface area contributed by atoms with Crippen LogP contribution in [-0.2, 0) is 27.0 Å². The molecule has 2 aromatic rings. The van der Waals surface area contributed by atoms with E-state index >= 15 is 8.78 Å². The highest BCUT2D eigenvalue weighted by Crippen LogP contribution is 2.46. The van der Waals surface area contributed by atoms with Gasteiger partial charge in [-0.25, -0.2) is 18.0 Å². The zero-order chi connectivity index (χ0) is 31.1. The first-order valence-corrected chi connectivity index (χ1v) is 14.1. The Balaban J connectivity index is 1.24. The zero-order valence-corrected chi connectivity index (χ0v) is 23.9. The van der Waals surface area contributed by atoms with Crippen molar-refractivity contribution >= 4 is 23.5 Å². The highest BCUT2D eigenvalue weighted by molar-refractivity contribution is 6.30. The molecule has 0 radical (unpaired) electrons. The van der Waals surface area contributed by atoms with E-state index in [1.807, 2.05) is 0 Å². The Hall–Kier alpha value is -3.03. The molecule has 0 bridgehead atoms. The van der Waals surface area contributed by atoms with Crippen molar-refractivity contribution < 1.29 is 50.1 Å². The van der Waals surface area contributed by atoms with Gasteiger partial charge >= 0.3 is 12.1 Å². The first-order valence-electron chi connectivity index (χ1n) is 13.7. The summed E-state index contributed by atoms with van der Waals surface area (Å²) in [6.07, 6.45) is -3.25. The summed E-state index contributed by atoms with van der Waals surface area (Å²) in [5, 5.41) is -0.640. The lowest BCUT2D eigenvalue weighted by atomic mass is 9.93. The van der Waals surface area contributed by atoms with Crippen LogP contribution in [-0.4, -0.2) is 73.5 Å². The second-order valence-corrected chi connectivity index (χ2v) is 11.5. The first kappa shape index (κ1) is 31.4. The number of halogens is 7. The van der Waals surface area contributed by atoms with Crippen LogP contribution in [0.1, 0.15) is 58.6 Å². The number of alkyl halides is 4. The number of carbonyl (C=O) groups is 2. The van der Waals surface area contributed by atoms with E-state index in [-0.39, 0.29) is 68.6 Å². The predicted molar refractivity (Wildman–Crippen MR) is 141 cm³/mol. The Kier molecular flexibility index (Phi) is 8.88. The van der Waals surface area contributed by atoms with Crippen LogP contribution in [0.4, 0.5) is 26.3 Å². The predicted octanol–water partition coefficient (Wildman–Crippen LogP) is 5.87. The third kappa shape index (κ3) is 6.88. The van der Waals surface area contributed by atoms with Gasteiger partial charge in [-0.05, 0) is 55.4 Å². The standard InChI is InChI=1S/C29H29ClF6N2O5/c1-41-27(40)23-13-42-15-38(23)26(39)20-10-19(16-2-3-16)24(11-22(20)31)43-14-28(33)4-6-37(7-5-28)12-17-8-18(29(34,35)36)9-21(30)25(17)32/h8-11,16,23H,2-7,12-15H2,1H3. The molecular weight excluding hydrogens is 606 g/mol. The number of piperidine rings is 1. The largest absolute Gasteiger partial charge is 0.490 e. The zero-order valence-electron chi connectivity index (χ0n) is 23.1. The SMILES string of the molecule is COC(=O)C1COCN1C(=O)c1cc(C2CC2)c(OCC2(F)CCN(Cc3cc(C(F)(F)F)cc(Cl)c3F)CC2)cc1F. The number of hydrogen-bond donors (Lipinski definition) is 0. The minimum Gasteiger partial charge on any atom is -0.490 e. The molecule has 0 aromatic heterocycles. The van der Waals surface area contributed by atoms with Crippen molar-refractivity contribution in [1.29, 1.82) is 0 Å². The number of rotatable bonds is 8. The van der Waals surface area contributed by atoms with E-state index in [0.29, 0.717) is 17.7 Å². The Morgan fingerprint density at radius 1 is 1.12 bits per heavy atom. The van der Waals surface area contributed by atoms with Crippen molar-refractivity contribution in [2.24, 2.45) is 0 Å². The average molecular weight is 635 g/mol. The van der Waals surface area contributed by atoms with E-state index in [0.717, 1.165) is 23.8 Å². The van der Waals surface area contributed by atoms with Crippen LogP contribution in [0.2, 0.25) is 5.02 Å². The second kappa shape index (κ2) is 12.2. The van der Waals surface area contributed by atoms with E-state index in [4.69, 9.17) is 25.8 Å². The van der Waals surface area contributed by atoms with Crippen molar-refractivity contribution in [1.82, 2.24) is 9.80 Å². The number of carbonyl (C=O) groups excluding carboxylic acids is 2. The fraction of sp³-hybridized carbons (Fsp3) is 0.517. The van der Waals surface area contributed by atoms with Crippen molar-refractivity contribution in [3.63, 3.8) is 0 Å². The average Bonchev–Trinajstić information content (AvgIpc) is 3.69. The van der Waals surface area contributed by atoms with Crippen molar-refractivity contribution in [2.75, 3.05) is 40.1 Å². The third-order valence-electron chi connectivity index (χ3n) is 8.03. The second-order valence-electron chi connectivity index (χ2n) is 11.1. The Morgan fingerprint density at radius 3 is 2.44 bits per heavy atom. The molecule has 0 spiro atoms. The smallest absolute Gasteiger partial charge is 0.416 e. The number of hydrogen-bond acceptors (Lipinski definition) is 6. The molecule has 2 heterocycles. The minimum absolute atomic E-state index is 0.0000250. The molecule has 3 aliphatic rings. The molecular formula is C29H29ClF6N2O5. The highest BCUT2D eigenvalue weighted by Gasteiger charge is 2.40. The molecule has 2 aliphatic heterocycles. The maximum atomic E-state index is 15.7.